The van der Waals surface area contributed by atoms with Crippen LogP contribution in [0.25, 0.3) is 50.1 Å². The zero-order chi connectivity index (χ0) is 22.7. The molecule has 0 amide bonds. The normalized spacial score (nSPS) is 11.1. The first-order chi connectivity index (χ1) is 16.9. The van der Waals surface area contributed by atoms with Gasteiger partial charge in [-0.05, 0) is 34.4 Å². The fourth-order valence-electron chi connectivity index (χ4n) is 4.38. The number of benzene rings is 4. The summed E-state index contributed by atoms with van der Waals surface area (Å²) in [6, 6.07) is 38.7. The number of fused-ring (bicyclic) bond motifs is 2. The molecule has 3 heteroatoms. The van der Waals surface area contributed by atoms with Gasteiger partial charge in [0, 0.05) is 23.8 Å². The van der Waals surface area contributed by atoms with E-state index in [0.29, 0.717) is 0 Å². The first kappa shape index (κ1) is 22.9. The van der Waals surface area contributed by atoms with Gasteiger partial charge in [0.15, 0.2) is 0 Å². The average Bonchev–Trinajstić information content (AvgIpc) is 2.92. The van der Waals surface area contributed by atoms with Gasteiger partial charge in [-0.2, -0.15) is 23.8 Å². The van der Waals surface area contributed by atoms with Crippen molar-refractivity contribution in [1.29, 1.82) is 0 Å². The minimum Gasteiger partial charge on any atom is -0.295 e. The second kappa shape index (κ2) is 10.2. The molecule has 2 aromatic heterocycles. The molecular weight excluding hydrogens is 519 g/mol. The molecule has 6 rings (SSSR count). The molecule has 0 aliphatic heterocycles. The van der Waals surface area contributed by atoms with Crippen molar-refractivity contribution in [3.63, 3.8) is 0 Å². The van der Waals surface area contributed by atoms with Crippen molar-refractivity contribution in [1.82, 2.24) is 9.97 Å². The van der Waals surface area contributed by atoms with Gasteiger partial charge in [0.1, 0.15) is 0 Å². The molecule has 0 spiro atoms. The number of hydrogen-bond acceptors (Lipinski definition) is 2. The van der Waals surface area contributed by atoms with E-state index < -0.39 is 0 Å². The van der Waals surface area contributed by atoms with Gasteiger partial charge >= 0.3 is 20.4 Å². The van der Waals surface area contributed by atoms with Crippen molar-refractivity contribution >= 4 is 27.6 Å². The Hall–Kier alpha value is -3.90. The number of pyridine rings is 2. The number of hydrogen-bond donors (Lipinski definition) is 0. The molecule has 6 aromatic rings. The molecule has 2 heterocycles. The summed E-state index contributed by atoms with van der Waals surface area (Å²) in [6.45, 7) is 0. The van der Waals surface area contributed by atoms with Gasteiger partial charge in [-0.3, -0.25) is 9.97 Å². The van der Waals surface area contributed by atoms with Gasteiger partial charge in [0.2, 0.25) is 0 Å². The second-order valence-corrected chi connectivity index (χ2v) is 8.11. The molecule has 4 aromatic carbocycles. The van der Waals surface area contributed by atoms with Crippen molar-refractivity contribution in [2.75, 3.05) is 0 Å². The zero-order valence-corrected chi connectivity index (χ0v) is 20.3. The number of nitrogens with zero attached hydrogens (tertiary/aromatic N) is 2. The van der Waals surface area contributed by atoms with E-state index in [9.17, 15) is 0 Å². The molecule has 0 saturated heterocycles. The predicted octanol–water partition coefficient (Wildman–Crippen LogP) is 7.78. The van der Waals surface area contributed by atoms with E-state index >= 15 is 0 Å². The summed E-state index contributed by atoms with van der Waals surface area (Å²) in [4.78, 5) is 9.28. The van der Waals surface area contributed by atoms with E-state index in [1.807, 2.05) is 67.0 Å². The van der Waals surface area contributed by atoms with Crippen LogP contribution in [0.3, 0.4) is 0 Å². The van der Waals surface area contributed by atoms with Gasteiger partial charge in [-0.25, -0.2) is 6.08 Å². The van der Waals surface area contributed by atoms with Gasteiger partial charge < -0.3 is 0 Å². The average molecular weight is 539 g/mol. The van der Waals surface area contributed by atoms with Crippen LogP contribution in [0.1, 0.15) is 11.1 Å². The second-order valence-electron chi connectivity index (χ2n) is 8.11. The molecule has 0 bridgehead atoms. The van der Waals surface area contributed by atoms with Crippen molar-refractivity contribution in [3.8, 4) is 22.5 Å². The molecule has 0 radical (unpaired) electrons. The summed E-state index contributed by atoms with van der Waals surface area (Å²) in [7, 11) is 0. The predicted molar refractivity (Wildman–Crippen MR) is 140 cm³/mol. The van der Waals surface area contributed by atoms with Crippen molar-refractivity contribution in [2.45, 2.75) is 0 Å². The van der Waals surface area contributed by atoms with E-state index in [4.69, 9.17) is 0 Å². The number of rotatable bonds is 4. The van der Waals surface area contributed by atoms with Crippen LogP contribution in [-0.4, -0.2) is 9.97 Å². The topological polar surface area (TPSA) is 25.8 Å². The van der Waals surface area contributed by atoms with E-state index in [-0.39, 0.29) is 20.4 Å². The maximum atomic E-state index is 4.65. The van der Waals surface area contributed by atoms with Crippen LogP contribution < -0.4 is 0 Å². The molecule has 35 heavy (non-hydrogen) atoms. The Kier molecular flexibility index (Phi) is 6.64. The minimum atomic E-state index is 0. The summed E-state index contributed by atoms with van der Waals surface area (Å²) >= 11 is 0. The maximum Gasteiger partial charge on any atom is 2.00 e. The van der Waals surface area contributed by atoms with E-state index in [0.717, 1.165) is 44.4 Å². The standard InChI is InChI=1S/C32H20N2.Pd/c1-3-12-28-24(9-1)17-18-26(31(28)30-14-5-6-20-33-30)16-15-23-8-7-11-27(22-23)32-29-13-4-2-10-25(29)19-21-34-32;/h1-15,17-21H;/q-2;+2. The Morgan fingerprint density at radius 2 is 1.40 bits per heavy atom. The smallest absolute Gasteiger partial charge is 0.295 e. The molecule has 0 aliphatic carbocycles. The van der Waals surface area contributed by atoms with Gasteiger partial charge in [-0.1, -0.05) is 71.6 Å². The van der Waals surface area contributed by atoms with Gasteiger partial charge in [0.25, 0.3) is 0 Å². The Labute approximate surface area is 218 Å². The molecule has 0 atom stereocenters. The minimum absolute atomic E-state index is 0. The SMILES string of the molecule is [C-](=Cc1[c-]c(-c2nccc3ccccc23)ccc1)c1ccc2ccccc2c1-c1ccccn1.[Pd+2]. The fourth-order valence-corrected chi connectivity index (χ4v) is 4.38. The Balaban J connectivity index is 0.00000253. The van der Waals surface area contributed by atoms with Crippen LogP contribution >= 0.6 is 0 Å². The summed E-state index contributed by atoms with van der Waals surface area (Å²) in [5.41, 5.74) is 5.88. The van der Waals surface area contributed by atoms with Gasteiger partial charge in [0.05, 0.1) is 0 Å². The Morgan fingerprint density at radius 1 is 0.629 bits per heavy atom. The summed E-state index contributed by atoms with van der Waals surface area (Å²) in [5.74, 6) is 0. The van der Waals surface area contributed by atoms with Crippen LogP contribution in [-0.2, 0) is 20.4 Å². The summed E-state index contributed by atoms with van der Waals surface area (Å²) in [5, 5.41) is 4.64. The van der Waals surface area contributed by atoms with E-state index in [1.165, 1.54) is 10.8 Å². The van der Waals surface area contributed by atoms with Gasteiger partial charge in [-0.15, -0.1) is 29.3 Å². The molecule has 0 fully saturated rings. The van der Waals surface area contributed by atoms with Crippen LogP contribution in [0.2, 0.25) is 0 Å². The van der Waals surface area contributed by atoms with Crippen molar-refractivity contribution in [3.05, 3.63) is 139 Å². The van der Waals surface area contributed by atoms with Crippen LogP contribution in [0.4, 0.5) is 0 Å². The largest absolute Gasteiger partial charge is 2.00 e. The first-order valence-electron chi connectivity index (χ1n) is 11.3. The summed E-state index contributed by atoms with van der Waals surface area (Å²) < 4.78 is 0. The molecule has 0 unspecified atom stereocenters. The third kappa shape index (κ3) is 4.57. The summed E-state index contributed by atoms with van der Waals surface area (Å²) in [6.07, 6.45) is 9.20. The first-order valence-corrected chi connectivity index (χ1v) is 11.3. The Bertz CT molecular complexity index is 1650. The van der Waals surface area contributed by atoms with Crippen molar-refractivity contribution in [2.24, 2.45) is 0 Å². The van der Waals surface area contributed by atoms with E-state index in [2.05, 4.69) is 76.7 Å². The van der Waals surface area contributed by atoms with Crippen LogP contribution in [0.5, 0.6) is 0 Å². The Morgan fingerprint density at radius 3 is 2.23 bits per heavy atom. The monoisotopic (exact) mass is 538 g/mol. The zero-order valence-electron chi connectivity index (χ0n) is 18.8. The molecule has 168 valence electrons. The third-order valence-electron chi connectivity index (χ3n) is 5.98. The fraction of sp³-hybridized carbons (Fsp3) is 0. The maximum absolute atomic E-state index is 4.65. The number of aromatic nitrogens is 2. The molecule has 0 saturated carbocycles. The molecule has 0 aliphatic rings. The molecule has 2 nitrogen and oxygen atoms in total. The molecular formula is C32H20N2Pd. The molecule has 0 N–H and O–H groups in total. The van der Waals surface area contributed by atoms with E-state index in [1.54, 1.807) is 0 Å². The van der Waals surface area contributed by atoms with Crippen molar-refractivity contribution < 1.29 is 20.4 Å². The quantitative estimate of drug-likeness (QED) is 0.130. The van der Waals surface area contributed by atoms with Crippen LogP contribution in [0.15, 0.2) is 116 Å². The van der Waals surface area contributed by atoms with Crippen LogP contribution in [0, 0.1) is 12.1 Å². The third-order valence-corrected chi connectivity index (χ3v) is 5.98.